The maximum atomic E-state index is 13.1. The number of amides is 1. The Balaban J connectivity index is 1.72. The van der Waals surface area contributed by atoms with E-state index < -0.39 is 17.5 Å². The van der Waals surface area contributed by atoms with Gasteiger partial charge in [-0.1, -0.05) is 37.1 Å². The molecule has 0 radical (unpaired) electrons. The van der Waals surface area contributed by atoms with Crippen molar-refractivity contribution in [2.24, 2.45) is 11.8 Å². The average molecular weight is 498 g/mol. The van der Waals surface area contributed by atoms with Crippen LogP contribution in [-0.4, -0.2) is 39.1 Å². The second-order valence-corrected chi connectivity index (χ2v) is 11.3. The van der Waals surface area contributed by atoms with Gasteiger partial charge in [0.15, 0.2) is 0 Å². The Hall–Kier alpha value is -2.76. The van der Waals surface area contributed by atoms with Crippen LogP contribution in [0, 0.1) is 11.8 Å². The Labute approximate surface area is 216 Å². The maximum absolute atomic E-state index is 13.1. The minimum Gasteiger partial charge on any atom is -0.508 e. The molecular formula is C30H43NO5. The van der Waals surface area contributed by atoms with Gasteiger partial charge in [0.05, 0.1) is 18.0 Å². The number of benzene rings is 1. The largest absolute Gasteiger partial charge is 0.508 e. The van der Waals surface area contributed by atoms with E-state index in [9.17, 15) is 14.7 Å². The zero-order valence-corrected chi connectivity index (χ0v) is 22.8. The van der Waals surface area contributed by atoms with Gasteiger partial charge in [0, 0.05) is 17.7 Å². The van der Waals surface area contributed by atoms with Crippen LogP contribution >= 0.6 is 0 Å². The zero-order chi connectivity index (χ0) is 26.6. The number of rotatable bonds is 11. The second-order valence-electron chi connectivity index (χ2n) is 11.3. The first-order chi connectivity index (χ1) is 16.9. The van der Waals surface area contributed by atoms with Crippen molar-refractivity contribution in [1.29, 1.82) is 0 Å². The number of carbonyl (C=O) groups excluding carboxylic acids is 1. The molecule has 2 aliphatic heterocycles. The van der Waals surface area contributed by atoms with Gasteiger partial charge in [0.2, 0.25) is 0 Å². The van der Waals surface area contributed by atoms with Crippen LogP contribution in [0.1, 0.15) is 102 Å². The summed E-state index contributed by atoms with van der Waals surface area (Å²) in [5, 5.41) is 19.9. The van der Waals surface area contributed by atoms with Crippen LogP contribution in [0.2, 0.25) is 0 Å². The monoisotopic (exact) mass is 497 g/mol. The first-order valence-electron chi connectivity index (χ1n) is 13.3. The lowest BCUT2D eigenvalue weighted by molar-refractivity contribution is -0.141. The number of phenols is 1. The first kappa shape index (κ1) is 27.8. The van der Waals surface area contributed by atoms with Crippen LogP contribution in [0.15, 0.2) is 29.4 Å². The number of fused-ring (bicyclic) bond motifs is 3. The number of aliphatic carboxylic acids is 1. The van der Waals surface area contributed by atoms with Crippen LogP contribution in [0.3, 0.4) is 0 Å². The highest BCUT2D eigenvalue weighted by Gasteiger charge is 2.42. The molecule has 6 nitrogen and oxygen atoms in total. The molecule has 1 aromatic rings. The Morgan fingerprint density at radius 3 is 2.64 bits per heavy atom. The number of allylic oxidation sites excluding steroid dienone is 4. The lowest BCUT2D eigenvalue weighted by Crippen LogP contribution is -2.44. The summed E-state index contributed by atoms with van der Waals surface area (Å²) in [6.07, 6.45) is 10.3. The van der Waals surface area contributed by atoms with E-state index in [1.54, 1.807) is 17.9 Å². The van der Waals surface area contributed by atoms with Gasteiger partial charge in [-0.3, -0.25) is 9.59 Å². The standard InChI is InChI=1S/C30H43NO5/c1-19(2)10-7-11-20(3)12-8-14-30(6)22(5)16-24-26(32)17-23-25(27(24)36-30)18-31(28(23)33)15-9-13-21(4)29(34)35/h10,12,17,21-22,32H,7-9,11,13-16,18H2,1-6H3,(H,34,35)/b20-12+/t21-,22-,30+/m1/s1. The predicted octanol–water partition coefficient (Wildman–Crippen LogP) is 6.65. The third-order valence-electron chi connectivity index (χ3n) is 7.93. The van der Waals surface area contributed by atoms with E-state index in [0.717, 1.165) is 36.8 Å². The van der Waals surface area contributed by atoms with Gasteiger partial charge in [0.25, 0.3) is 5.91 Å². The van der Waals surface area contributed by atoms with E-state index >= 15 is 0 Å². The summed E-state index contributed by atoms with van der Waals surface area (Å²) in [6, 6.07) is 1.59. The van der Waals surface area contributed by atoms with Crippen molar-refractivity contribution in [3.05, 3.63) is 46.1 Å². The molecule has 2 aliphatic rings. The third kappa shape index (κ3) is 6.32. The van der Waals surface area contributed by atoms with Crippen molar-refractivity contribution in [2.75, 3.05) is 6.54 Å². The summed E-state index contributed by atoms with van der Waals surface area (Å²) in [5.41, 5.74) is 4.49. The number of carbonyl (C=O) groups is 2. The van der Waals surface area contributed by atoms with E-state index in [1.807, 2.05) is 0 Å². The third-order valence-corrected chi connectivity index (χ3v) is 7.93. The topological polar surface area (TPSA) is 87.1 Å². The molecule has 1 amide bonds. The summed E-state index contributed by atoms with van der Waals surface area (Å²) in [4.78, 5) is 25.9. The molecule has 3 atom stereocenters. The maximum Gasteiger partial charge on any atom is 0.306 e. The highest BCUT2D eigenvalue weighted by molar-refractivity contribution is 6.00. The molecule has 0 saturated carbocycles. The van der Waals surface area contributed by atoms with Crippen molar-refractivity contribution in [3.63, 3.8) is 0 Å². The molecule has 0 unspecified atom stereocenters. The van der Waals surface area contributed by atoms with Crippen LogP contribution in [0.25, 0.3) is 0 Å². The number of ether oxygens (including phenoxy) is 1. The zero-order valence-electron chi connectivity index (χ0n) is 22.8. The smallest absolute Gasteiger partial charge is 0.306 e. The minimum absolute atomic E-state index is 0.120. The summed E-state index contributed by atoms with van der Waals surface area (Å²) in [6.45, 7) is 13.4. The summed E-state index contributed by atoms with van der Waals surface area (Å²) in [5.74, 6) is -0.349. The number of hydrogen-bond donors (Lipinski definition) is 2. The molecule has 6 heteroatoms. The van der Waals surface area contributed by atoms with Crippen LogP contribution < -0.4 is 4.74 Å². The number of nitrogens with zero attached hydrogens (tertiary/aromatic N) is 1. The van der Waals surface area contributed by atoms with Gasteiger partial charge in [0.1, 0.15) is 17.1 Å². The Morgan fingerprint density at radius 1 is 1.25 bits per heavy atom. The molecule has 36 heavy (non-hydrogen) atoms. The van der Waals surface area contributed by atoms with Gasteiger partial charge in [-0.25, -0.2) is 0 Å². The predicted molar refractivity (Wildman–Crippen MR) is 142 cm³/mol. The Bertz CT molecular complexity index is 1050. The molecule has 1 aromatic carbocycles. The fourth-order valence-electron chi connectivity index (χ4n) is 5.17. The lowest BCUT2D eigenvalue weighted by atomic mass is 9.78. The van der Waals surface area contributed by atoms with Crippen molar-refractivity contribution in [2.45, 2.75) is 98.6 Å². The van der Waals surface area contributed by atoms with Gasteiger partial charge in [-0.15, -0.1) is 0 Å². The van der Waals surface area contributed by atoms with Crippen LogP contribution in [-0.2, 0) is 17.8 Å². The molecule has 0 fully saturated rings. The Kier molecular flexibility index (Phi) is 8.91. The molecule has 2 N–H and O–H groups in total. The van der Waals surface area contributed by atoms with Gasteiger partial charge in [-0.2, -0.15) is 0 Å². The second kappa shape index (κ2) is 11.5. The number of carboxylic acid groups (broad SMARTS) is 1. The molecule has 0 aromatic heterocycles. The van der Waals surface area contributed by atoms with Crippen molar-refractivity contribution in [3.8, 4) is 11.5 Å². The normalized spacial score (nSPS) is 22.1. The number of hydrogen-bond acceptors (Lipinski definition) is 4. The molecule has 0 spiro atoms. The molecule has 2 heterocycles. The van der Waals surface area contributed by atoms with Gasteiger partial charge in [-0.05, 0) is 84.6 Å². The van der Waals surface area contributed by atoms with E-state index in [1.165, 1.54) is 11.1 Å². The Morgan fingerprint density at radius 2 is 1.97 bits per heavy atom. The van der Waals surface area contributed by atoms with Gasteiger partial charge < -0.3 is 19.8 Å². The van der Waals surface area contributed by atoms with E-state index in [2.05, 4.69) is 46.8 Å². The molecule has 0 bridgehead atoms. The average Bonchev–Trinajstić information content (AvgIpc) is 3.10. The number of aromatic hydroxyl groups is 1. The summed E-state index contributed by atoms with van der Waals surface area (Å²) >= 11 is 0. The molecule has 0 saturated heterocycles. The van der Waals surface area contributed by atoms with Crippen molar-refractivity contribution in [1.82, 2.24) is 4.90 Å². The van der Waals surface area contributed by atoms with E-state index in [0.29, 0.717) is 43.7 Å². The van der Waals surface area contributed by atoms with Gasteiger partial charge >= 0.3 is 5.97 Å². The molecule has 198 valence electrons. The first-order valence-corrected chi connectivity index (χ1v) is 13.3. The van der Waals surface area contributed by atoms with Crippen molar-refractivity contribution >= 4 is 11.9 Å². The summed E-state index contributed by atoms with van der Waals surface area (Å²) in [7, 11) is 0. The lowest BCUT2D eigenvalue weighted by Gasteiger charge is -2.42. The fraction of sp³-hybridized carbons (Fsp3) is 0.600. The number of phenolic OH excluding ortho intramolecular Hbond substituents is 1. The molecular weight excluding hydrogens is 454 g/mol. The van der Waals surface area contributed by atoms with E-state index in [-0.39, 0.29) is 17.6 Å². The quantitative estimate of drug-likeness (QED) is 0.334. The molecule has 0 aliphatic carbocycles. The summed E-state index contributed by atoms with van der Waals surface area (Å²) < 4.78 is 6.67. The molecule has 3 rings (SSSR count). The van der Waals surface area contributed by atoms with Crippen LogP contribution in [0.5, 0.6) is 11.5 Å². The van der Waals surface area contributed by atoms with Crippen molar-refractivity contribution < 1.29 is 24.5 Å². The highest BCUT2D eigenvalue weighted by atomic mass is 16.5. The van der Waals surface area contributed by atoms with E-state index in [4.69, 9.17) is 9.84 Å². The SMILES string of the molecule is CC(C)=CCC/C(C)=C/CC[C@]1(C)Oc2c(c(O)cc3c2CN(CCC[C@@H](C)C(=O)O)C3=O)C[C@H]1C. The van der Waals surface area contributed by atoms with Crippen LogP contribution in [0.4, 0.5) is 0 Å². The number of carboxylic acids is 1. The highest BCUT2D eigenvalue weighted by Crippen LogP contribution is 2.48. The minimum atomic E-state index is -0.815. The fourth-order valence-corrected chi connectivity index (χ4v) is 5.17.